The van der Waals surface area contributed by atoms with Crippen molar-refractivity contribution in [3.8, 4) is 0 Å². The van der Waals surface area contributed by atoms with Crippen LogP contribution < -0.4 is 0 Å². The first kappa shape index (κ1) is 12.2. The molecule has 0 aliphatic rings. The molecule has 5 heteroatoms. The predicted molar refractivity (Wildman–Crippen MR) is 59.1 cm³/mol. The van der Waals surface area contributed by atoms with E-state index in [-0.39, 0.29) is 0 Å². The molecule has 11 heavy (non-hydrogen) atoms. The Bertz CT molecular complexity index is 84.8. The fourth-order valence-electron chi connectivity index (χ4n) is 0.945. The first-order chi connectivity index (χ1) is 5.18. The molecular weight excluding hydrogens is 212 g/mol. The van der Waals surface area contributed by atoms with Crippen LogP contribution in [0.15, 0.2) is 0 Å². The maximum absolute atomic E-state index is 9.95. The summed E-state index contributed by atoms with van der Waals surface area (Å²) in [4.78, 5) is 9.95. The predicted octanol–water partition coefficient (Wildman–Crippen LogP) is 0.565. The second kappa shape index (κ2) is 6.71. The molecular formula is C6H13OS3Si-3. The first-order valence-electron chi connectivity index (χ1n) is 3.65. The Morgan fingerprint density at radius 3 is 1.27 bits per heavy atom. The number of hydrogen-bond donors (Lipinski definition) is 1. The summed E-state index contributed by atoms with van der Waals surface area (Å²) in [5.41, 5.74) is 0. The Labute approximate surface area is 86.3 Å². The summed E-state index contributed by atoms with van der Waals surface area (Å²) in [6.45, 7) is 0. The third-order valence-electron chi connectivity index (χ3n) is 1.70. The van der Waals surface area contributed by atoms with E-state index in [0.29, 0.717) is 17.3 Å². The molecule has 0 saturated carbocycles. The summed E-state index contributed by atoms with van der Waals surface area (Å²) in [6, 6.07) is 2.36. The van der Waals surface area contributed by atoms with Crippen molar-refractivity contribution in [3.05, 3.63) is 0 Å². The van der Waals surface area contributed by atoms with Crippen molar-refractivity contribution in [2.24, 2.45) is 0 Å². The minimum Gasteiger partial charge on any atom is -0.793 e. The highest BCUT2D eigenvalue weighted by Gasteiger charge is 2.23. The minimum absolute atomic E-state index is 0.646. The average Bonchev–Trinajstić information content (AvgIpc) is 1.88. The van der Waals surface area contributed by atoms with Gasteiger partial charge in [-0.2, -0.15) is 17.3 Å². The van der Waals surface area contributed by atoms with Gasteiger partial charge >= 0.3 is 0 Å². The van der Waals surface area contributed by atoms with Crippen LogP contribution in [0.2, 0.25) is 18.1 Å². The van der Waals surface area contributed by atoms with Crippen LogP contribution in [0, 0.1) is 0 Å². The summed E-state index contributed by atoms with van der Waals surface area (Å²) in [7, 11) is -2.06. The smallest absolute Gasteiger partial charge is 0.183 e. The molecule has 0 heterocycles. The first-order valence-corrected chi connectivity index (χ1v) is 7.95. The van der Waals surface area contributed by atoms with E-state index in [1.807, 2.05) is 0 Å². The fourth-order valence-corrected chi connectivity index (χ4v) is 6.25. The molecule has 68 valence electrons. The molecule has 0 radical (unpaired) electrons. The van der Waals surface area contributed by atoms with Crippen molar-refractivity contribution in [1.82, 2.24) is 0 Å². The van der Waals surface area contributed by atoms with Crippen molar-refractivity contribution in [3.63, 3.8) is 0 Å². The zero-order chi connectivity index (χ0) is 8.74. The highest BCUT2D eigenvalue weighted by molar-refractivity contribution is 7.59. The molecule has 0 aromatic carbocycles. The topological polar surface area (TPSA) is 20.2 Å². The van der Waals surface area contributed by atoms with Crippen molar-refractivity contribution < 1.29 is 4.80 Å². The highest BCUT2D eigenvalue weighted by Crippen LogP contribution is 2.16. The van der Waals surface area contributed by atoms with Crippen molar-refractivity contribution in [1.29, 1.82) is 0 Å². The second-order valence-electron chi connectivity index (χ2n) is 2.59. The lowest BCUT2D eigenvalue weighted by Gasteiger charge is -2.29. The summed E-state index contributed by atoms with van der Waals surface area (Å²) >= 11 is 14.5. The molecule has 0 aliphatic carbocycles. The van der Waals surface area contributed by atoms with Gasteiger partial charge in [0.1, 0.15) is 0 Å². The van der Waals surface area contributed by atoms with E-state index < -0.39 is 8.32 Å². The molecule has 0 atom stereocenters. The van der Waals surface area contributed by atoms with E-state index in [0.717, 1.165) is 18.1 Å². The molecule has 1 N–H and O–H groups in total. The normalized spacial score (nSPS) is 12.0. The van der Waals surface area contributed by atoms with Gasteiger partial charge in [0.05, 0.1) is 0 Å². The maximum Gasteiger partial charge on any atom is 0.183 e. The Balaban J connectivity index is 3.79. The molecule has 0 rings (SSSR count). The SMILES string of the molecule is O[Si](CC[S-])(CC[S-])CC[S-]. The second-order valence-corrected chi connectivity index (χ2v) is 7.76. The molecule has 0 fully saturated rings. The molecule has 0 bridgehead atoms. The van der Waals surface area contributed by atoms with Gasteiger partial charge in [0.2, 0.25) is 0 Å². The number of rotatable bonds is 6. The highest BCUT2D eigenvalue weighted by atomic mass is 32.1. The Kier molecular flexibility index (Phi) is 7.46. The Hall–Kier alpha value is 1.23. The zero-order valence-corrected chi connectivity index (χ0v) is 9.86. The van der Waals surface area contributed by atoms with Crippen LogP contribution >= 0.6 is 0 Å². The van der Waals surface area contributed by atoms with E-state index in [4.69, 9.17) is 37.9 Å². The van der Waals surface area contributed by atoms with Crippen LogP contribution in [0.25, 0.3) is 0 Å². The van der Waals surface area contributed by atoms with Gasteiger partial charge < -0.3 is 42.7 Å². The number of hydrogen-bond acceptors (Lipinski definition) is 4. The standard InChI is InChI=1S/C6H16OS3Si/c7-11(4-1-8,5-2-9)6-3-10/h7-10H,1-6H2/p-3. The quantitative estimate of drug-likeness (QED) is 0.526. The average molecular weight is 225 g/mol. The molecule has 0 unspecified atom stereocenters. The lowest BCUT2D eigenvalue weighted by atomic mass is 10.9. The maximum atomic E-state index is 9.95. The summed E-state index contributed by atoms with van der Waals surface area (Å²) in [5.74, 6) is 1.94. The van der Waals surface area contributed by atoms with Crippen molar-refractivity contribution in [2.45, 2.75) is 18.1 Å². The van der Waals surface area contributed by atoms with E-state index in [2.05, 4.69) is 0 Å². The lowest BCUT2D eigenvalue weighted by Crippen LogP contribution is -2.36. The van der Waals surface area contributed by atoms with Gasteiger partial charge in [0.15, 0.2) is 8.32 Å². The molecule has 0 aliphatic heterocycles. The minimum atomic E-state index is -2.06. The van der Waals surface area contributed by atoms with Crippen LogP contribution in [0.1, 0.15) is 0 Å². The van der Waals surface area contributed by atoms with E-state index in [1.54, 1.807) is 0 Å². The van der Waals surface area contributed by atoms with Crippen LogP contribution in [-0.4, -0.2) is 30.4 Å². The van der Waals surface area contributed by atoms with Gasteiger partial charge in [-0.15, -0.1) is 0 Å². The molecule has 0 amide bonds. The van der Waals surface area contributed by atoms with Gasteiger partial charge in [-0.05, 0) is 0 Å². The van der Waals surface area contributed by atoms with Crippen LogP contribution in [-0.2, 0) is 37.9 Å². The largest absolute Gasteiger partial charge is 0.793 e. The van der Waals surface area contributed by atoms with E-state index >= 15 is 0 Å². The van der Waals surface area contributed by atoms with E-state index in [1.165, 1.54) is 0 Å². The summed E-state index contributed by atoms with van der Waals surface area (Å²) < 4.78 is 0. The summed E-state index contributed by atoms with van der Waals surface area (Å²) in [6.07, 6.45) is 0. The molecule has 0 aromatic heterocycles. The zero-order valence-electron chi connectivity index (χ0n) is 6.41. The van der Waals surface area contributed by atoms with Crippen molar-refractivity contribution in [2.75, 3.05) is 17.3 Å². The third kappa shape index (κ3) is 5.46. The van der Waals surface area contributed by atoms with Crippen molar-refractivity contribution >= 4 is 46.2 Å². The van der Waals surface area contributed by atoms with Gasteiger partial charge in [0.25, 0.3) is 0 Å². The molecule has 1 nitrogen and oxygen atoms in total. The summed E-state index contributed by atoms with van der Waals surface area (Å²) in [5, 5.41) is 0. The van der Waals surface area contributed by atoms with Gasteiger partial charge in [-0.1, -0.05) is 18.1 Å². The van der Waals surface area contributed by atoms with E-state index in [9.17, 15) is 4.80 Å². The van der Waals surface area contributed by atoms with Gasteiger partial charge in [-0.3, -0.25) is 0 Å². The lowest BCUT2D eigenvalue weighted by molar-refractivity contribution is 0.533. The Morgan fingerprint density at radius 2 is 1.09 bits per heavy atom. The molecule has 0 aromatic rings. The third-order valence-corrected chi connectivity index (χ3v) is 6.94. The van der Waals surface area contributed by atoms with Crippen LogP contribution in [0.5, 0.6) is 0 Å². The van der Waals surface area contributed by atoms with Gasteiger partial charge in [-0.25, -0.2) is 0 Å². The molecule has 0 saturated heterocycles. The Morgan fingerprint density at radius 1 is 0.818 bits per heavy atom. The fraction of sp³-hybridized carbons (Fsp3) is 1.00. The van der Waals surface area contributed by atoms with Crippen LogP contribution in [0.4, 0.5) is 0 Å². The van der Waals surface area contributed by atoms with Crippen LogP contribution in [0.3, 0.4) is 0 Å². The molecule has 0 spiro atoms. The monoisotopic (exact) mass is 225 g/mol. The van der Waals surface area contributed by atoms with Gasteiger partial charge in [0, 0.05) is 0 Å².